The van der Waals surface area contributed by atoms with Crippen LogP contribution in [-0.2, 0) is 0 Å². The van der Waals surface area contributed by atoms with E-state index < -0.39 is 0 Å². The summed E-state index contributed by atoms with van der Waals surface area (Å²) in [5.41, 5.74) is 6.16. The first-order chi connectivity index (χ1) is 6.37. The SMILES string of the molecule is [B]c1c(C)c(C)c(C(C)C)c(P)c1C. The lowest BCUT2D eigenvalue weighted by Gasteiger charge is -2.21. The zero-order valence-electron chi connectivity index (χ0n) is 9.73. The minimum absolute atomic E-state index is 0.556. The van der Waals surface area contributed by atoms with Crippen molar-refractivity contribution in [3.05, 3.63) is 22.3 Å². The highest BCUT2D eigenvalue weighted by molar-refractivity contribution is 7.27. The van der Waals surface area contributed by atoms with Gasteiger partial charge in [-0.2, -0.15) is 0 Å². The maximum Gasteiger partial charge on any atom is 0.114 e. The van der Waals surface area contributed by atoms with E-state index in [2.05, 4.69) is 43.9 Å². The van der Waals surface area contributed by atoms with Crippen LogP contribution in [0, 0.1) is 20.8 Å². The molecular weight excluding hydrogens is 186 g/mol. The van der Waals surface area contributed by atoms with E-state index in [9.17, 15) is 0 Å². The Morgan fingerprint density at radius 3 is 1.93 bits per heavy atom. The first-order valence-electron chi connectivity index (χ1n) is 5.02. The van der Waals surface area contributed by atoms with Crippen LogP contribution in [0.2, 0.25) is 0 Å². The van der Waals surface area contributed by atoms with Gasteiger partial charge >= 0.3 is 0 Å². The van der Waals surface area contributed by atoms with E-state index >= 15 is 0 Å². The molecule has 0 fully saturated rings. The smallest absolute Gasteiger partial charge is 0.105 e. The van der Waals surface area contributed by atoms with E-state index in [0.29, 0.717) is 5.92 Å². The molecule has 0 N–H and O–H groups in total. The van der Waals surface area contributed by atoms with Gasteiger partial charge in [0.2, 0.25) is 0 Å². The molecule has 1 aromatic rings. The van der Waals surface area contributed by atoms with Gasteiger partial charge in [-0.3, -0.25) is 0 Å². The van der Waals surface area contributed by atoms with Crippen molar-refractivity contribution in [3.8, 4) is 0 Å². The summed E-state index contributed by atoms with van der Waals surface area (Å²) in [6.45, 7) is 10.8. The monoisotopic (exact) mass is 204 g/mol. The van der Waals surface area contributed by atoms with Crippen molar-refractivity contribution >= 4 is 27.9 Å². The van der Waals surface area contributed by atoms with E-state index in [4.69, 9.17) is 7.85 Å². The Balaban J connectivity index is 3.60. The van der Waals surface area contributed by atoms with Crippen molar-refractivity contribution in [2.24, 2.45) is 0 Å². The zero-order valence-corrected chi connectivity index (χ0v) is 10.9. The first-order valence-corrected chi connectivity index (χ1v) is 5.60. The fourth-order valence-electron chi connectivity index (χ4n) is 1.98. The molecule has 0 saturated carbocycles. The van der Waals surface area contributed by atoms with Crippen molar-refractivity contribution in [3.63, 3.8) is 0 Å². The largest absolute Gasteiger partial charge is 0.114 e. The van der Waals surface area contributed by atoms with Gasteiger partial charge in [-0.05, 0) is 43.1 Å². The summed E-state index contributed by atoms with van der Waals surface area (Å²) in [7, 11) is 8.86. The maximum absolute atomic E-state index is 6.04. The van der Waals surface area contributed by atoms with Gasteiger partial charge in [-0.1, -0.05) is 30.4 Å². The van der Waals surface area contributed by atoms with Crippen LogP contribution in [0.25, 0.3) is 0 Å². The maximum atomic E-state index is 6.04. The number of rotatable bonds is 1. The molecule has 1 rings (SSSR count). The number of hydrogen-bond acceptors (Lipinski definition) is 0. The second kappa shape index (κ2) is 4.07. The summed E-state index contributed by atoms with van der Waals surface area (Å²) in [4.78, 5) is 0. The van der Waals surface area contributed by atoms with E-state index in [0.717, 1.165) is 5.46 Å². The van der Waals surface area contributed by atoms with Gasteiger partial charge in [0.1, 0.15) is 7.85 Å². The van der Waals surface area contributed by atoms with Crippen molar-refractivity contribution in [2.75, 3.05) is 0 Å². The molecule has 1 atom stereocenters. The summed E-state index contributed by atoms with van der Waals surface area (Å²) >= 11 is 0. The van der Waals surface area contributed by atoms with Crippen molar-refractivity contribution in [1.29, 1.82) is 0 Å². The lowest BCUT2D eigenvalue weighted by Crippen LogP contribution is -2.24. The van der Waals surface area contributed by atoms with Gasteiger partial charge in [0, 0.05) is 0 Å². The van der Waals surface area contributed by atoms with Crippen LogP contribution in [0.5, 0.6) is 0 Å². The van der Waals surface area contributed by atoms with Crippen LogP contribution in [0.3, 0.4) is 0 Å². The second-order valence-electron chi connectivity index (χ2n) is 4.27. The summed E-state index contributed by atoms with van der Waals surface area (Å²) in [5.74, 6) is 0.556. The lowest BCUT2D eigenvalue weighted by atomic mass is 9.80. The molecule has 0 saturated heterocycles. The van der Waals surface area contributed by atoms with Gasteiger partial charge in [-0.25, -0.2) is 0 Å². The van der Waals surface area contributed by atoms with Gasteiger partial charge in [0.05, 0.1) is 0 Å². The first kappa shape index (κ1) is 11.8. The van der Waals surface area contributed by atoms with Crippen LogP contribution in [0.4, 0.5) is 0 Å². The molecule has 0 bridgehead atoms. The average Bonchev–Trinajstić information content (AvgIpc) is 2.11. The molecule has 0 heterocycles. The van der Waals surface area contributed by atoms with Gasteiger partial charge in [-0.15, -0.1) is 9.24 Å². The standard InChI is InChI=1S/C12H18BP/c1-6(2)10-7(3)8(4)11(13)9(5)12(10)14/h6H,14H2,1-5H3. The molecule has 1 aromatic carbocycles. The second-order valence-corrected chi connectivity index (χ2v) is 4.85. The molecule has 74 valence electrons. The summed E-state index contributed by atoms with van der Waals surface area (Å²) < 4.78 is 0. The van der Waals surface area contributed by atoms with Gasteiger partial charge in [0.25, 0.3) is 0 Å². The third kappa shape index (κ3) is 1.75. The highest BCUT2D eigenvalue weighted by Crippen LogP contribution is 2.22. The molecule has 2 radical (unpaired) electrons. The van der Waals surface area contributed by atoms with E-state index in [-0.39, 0.29) is 0 Å². The predicted octanol–water partition coefficient (Wildman–Crippen LogP) is 2.03. The lowest BCUT2D eigenvalue weighted by molar-refractivity contribution is 0.861. The fourth-order valence-corrected chi connectivity index (χ4v) is 2.68. The van der Waals surface area contributed by atoms with E-state index in [1.54, 1.807) is 0 Å². The van der Waals surface area contributed by atoms with E-state index in [1.165, 1.54) is 27.6 Å². The normalized spacial score (nSPS) is 11.1. The van der Waals surface area contributed by atoms with Crippen LogP contribution in [0.1, 0.15) is 42.0 Å². The van der Waals surface area contributed by atoms with Gasteiger partial charge in [0.15, 0.2) is 0 Å². The Morgan fingerprint density at radius 2 is 1.50 bits per heavy atom. The Labute approximate surface area is 91.1 Å². The predicted molar refractivity (Wildman–Crippen MR) is 69.5 cm³/mol. The molecule has 0 nitrogen and oxygen atoms in total. The quantitative estimate of drug-likeness (QED) is 0.485. The molecule has 0 spiro atoms. The van der Waals surface area contributed by atoms with Crippen molar-refractivity contribution in [1.82, 2.24) is 0 Å². The molecule has 2 heteroatoms. The highest BCUT2D eigenvalue weighted by Gasteiger charge is 2.13. The third-order valence-electron chi connectivity index (χ3n) is 3.05. The van der Waals surface area contributed by atoms with Crippen LogP contribution in [0.15, 0.2) is 0 Å². The summed E-state index contributed by atoms with van der Waals surface area (Å²) in [5, 5.41) is 1.28. The Hall–Kier alpha value is -0.285. The Morgan fingerprint density at radius 1 is 1.00 bits per heavy atom. The molecule has 14 heavy (non-hydrogen) atoms. The topological polar surface area (TPSA) is 0 Å². The summed E-state index contributed by atoms with van der Waals surface area (Å²) in [6.07, 6.45) is 0. The molecular formula is C12H18BP. The van der Waals surface area contributed by atoms with Crippen LogP contribution < -0.4 is 10.8 Å². The molecule has 0 aliphatic rings. The van der Waals surface area contributed by atoms with Crippen molar-refractivity contribution in [2.45, 2.75) is 40.5 Å². The highest BCUT2D eigenvalue weighted by atomic mass is 31.0. The molecule has 1 unspecified atom stereocenters. The minimum atomic E-state index is 0.556. The molecule has 0 amide bonds. The molecule has 0 aromatic heterocycles. The average molecular weight is 204 g/mol. The van der Waals surface area contributed by atoms with Crippen LogP contribution >= 0.6 is 9.24 Å². The number of hydrogen-bond donors (Lipinski definition) is 0. The number of benzene rings is 1. The minimum Gasteiger partial charge on any atom is -0.105 e. The summed E-state index contributed by atoms with van der Waals surface area (Å²) in [6, 6.07) is 0. The Kier molecular flexibility index (Phi) is 3.42. The molecule has 0 aliphatic carbocycles. The zero-order chi connectivity index (χ0) is 11.0. The van der Waals surface area contributed by atoms with Gasteiger partial charge < -0.3 is 0 Å². The fraction of sp³-hybridized carbons (Fsp3) is 0.500. The van der Waals surface area contributed by atoms with E-state index in [1.807, 2.05) is 0 Å². The molecule has 0 aliphatic heterocycles. The third-order valence-corrected chi connectivity index (χ3v) is 3.79. The Bertz CT molecular complexity index is 338. The van der Waals surface area contributed by atoms with Crippen molar-refractivity contribution < 1.29 is 0 Å². The van der Waals surface area contributed by atoms with Crippen LogP contribution in [-0.4, -0.2) is 7.85 Å².